The summed E-state index contributed by atoms with van der Waals surface area (Å²) in [5, 5.41) is 0. The number of carbonyl (C=O) groups excluding carboxylic acids is 1. The van der Waals surface area contributed by atoms with Gasteiger partial charge in [-0.25, -0.2) is 0 Å². The van der Waals surface area contributed by atoms with Crippen molar-refractivity contribution in [3.63, 3.8) is 0 Å². The Morgan fingerprint density at radius 3 is 2.46 bits per heavy atom. The Balaban J connectivity index is 3.64. The van der Waals surface area contributed by atoms with E-state index < -0.39 is 16.8 Å². The molecule has 0 aromatic heterocycles. The van der Waals surface area contributed by atoms with Crippen molar-refractivity contribution in [1.29, 1.82) is 0 Å². The Morgan fingerprint density at radius 2 is 2.08 bits per heavy atom. The highest BCUT2D eigenvalue weighted by molar-refractivity contribution is 7.91. The number of esters is 1. The number of hydrogen-bond donors (Lipinski definition) is 0. The highest BCUT2D eigenvalue weighted by Crippen LogP contribution is 2.08. The summed E-state index contributed by atoms with van der Waals surface area (Å²) in [6.45, 7) is 8.91. The van der Waals surface area contributed by atoms with Gasteiger partial charge in [-0.05, 0) is 27.7 Å². The lowest BCUT2D eigenvalue weighted by molar-refractivity contribution is -0.154. The van der Waals surface area contributed by atoms with Gasteiger partial charge in [0, 0.05) is 0 Å². The Kier molecular flexibility index (Phi) is 5.40. The molecule has 0 aromatic carbocycles. The second-order valence-electron chi connectivity index (χ2n) is 3.68. The van der Waals surface area contributed by atoms with E-state index in [9.17, 15) is 9.35 Å². The van der Waals surface area contributed by atoms with E-state index in [1.54, 1.807) is 0 Å². The van der Waals surface area contributed by atoms with Gasteiger partial charge in [0.1, 0.15) is 17.1 Å². The van der Waals surface area contributed by atoms with Crippen LogP contribution in [0.2, 0.25) is 0 Å². The van der Waals surface area contributed by atoms with Crippen molar-refractivity contribution in [2.45, 2.75) is 32.8 Å². The molecular weight excluding hydrogens is 188 g/mol. The van der Waals surface area contributed by atoms with Crippen LogP contribution in [-0.4, -0.2) is 27.6 Å². The Hall–Kier alpha value is -0.220. The Bertz CT molecular complexity index is 163. The molecule has 13 heavy (non-hydrogen) atoms. The highest BCUT2D eigenvalue weighted by atomic mass is 32.2. The third-order valence-corrected chi connectivity index (χ3v) is 2.30. The molecule has 0 N–H and O–H groups in total. The SMILES string of the molecule is [CH2]C[S+]([O-])CCC(=O)OC(C)(C)C. The largest absolute Gasteiger partial charge is 0.616 e. The van der Waals surface area contributed by atoms with Crippen molar-refractivity contribution in [2.75, 3.05) is 11.5 Å². The lowest BCUT2D eigenvalue weighted by Crippen LogP contribution is -2.25. The summed E-state index contributed by atoms with van der Waals surface area (Å²) in [5.41, 5.74) is -0.455. The molecule has 0 bridgehead atoms. The lowest BCUT2D eigenvalue weighted by atomic mass is 10.2. The van der Waals surface area contributed by atoms with E-state index in [2.05, 4.69) is 6.92 Å². The minimum absolute atomic E-state index is 0.208. The third kappa shape index (κ3) is 8.12. The first-order valence-corrected chi connectivity index (χ1v) is 5.70. The fourth-order valence-corrected chi connectivity index (χ4v) is 1.29. The van der Waals surface area contributed by atoms with Crippen LogP contribution in [0.5, 0.6) is 0 Å². The average Bonchev–Trinajstić information content (AvgIpc) is 1.97. The fourth-order valence-electron chi connectivity index (χ4n) is 0.692. The molecule has 0 spiro atoms. The van der Waals surface area contributed by atoms with Crippen LogP contribution in [0.4, 0.5) is 0 Å². The minimum Gasteiger partial charge on any atom is -0.616 e. The summed E-state index contributed by atoms with van der Waals surface area (Å²) in [6.07, 6.45) is 0.208. The van der Waals surface area contributed by atoms with E-state index in [4.69, 9.17) is 4.74 Å². The smallest absolute Gasteiger partial charge is 0.311 e. The van der Waals surface area contributed by atoms with Crippen molar-refractivity contribution in [1.82, 2.24) is 0 Å². The molecule has 0 saturated heterocycles. The van der Waals surface area contributed by atoms with Crippen LogP contribution in [0.15, 0.2) is 0 Å². The molecule has 0 saturated carbocycles. The molecular formula is C9H17O3S. The summed E-state index contributed by atoms with van der Waals surface area (Å²) in [6, 6.07) is 0. The molecule has 0 aliphatic rings. The van der Waals surface area contributed by atoms with Crippen LogP contribution in [0.3, 0.4) is 0 Å². The molecule has 0 rings (SSSR count). The lowest BCUT2D eigenvalue weighted by Gasteiger charge is -2.19. The standard InChI is InChI=1S/C9H17O3S/c1-5-13(11)7-6-8(10)12-9(2,3)4/h1,5-7H2,2-4H3. The zero-order chi connectivity index (χ0) is 10.5. The number of ether oxygens (including phenoxy) is 1. The normalized spacial score (nSPS) is 13.9. The van der Waals surface area contributed by atoms with Crippen molar-refractivity contribution in [3.05, 3.63) is 6.92 Å². The van der Waals surface area contributed by atoms with Crippen LogP contribution >= 0.6 is 0 Å². The maximum atomic E-state index is 11.1. The molecule has 0 fully saturated rings. The quantitative estimate of drug-likeness (QED) is 0.513. The molecule has 0 heterocycles. The first kappa shape index (κ1) is 12.8. The highest BCUT2D eigenvalue weighted by Gasteiger charge is 2.17. The minimum atomic E-state index is -0.988. The maximum absolute atomic E-state index is 11.1. The molecule has 77 valence electrons. The van der Waals surface area contributed by atoms with Crippen molar-refractivity contribution in [3.8, 4) is 0 Å². The van der Waals surface area contributed by atoms with Crippen molar-refractivity contribution < 1.29 is 14.1 Å². The summed E-state index contributed by atoms with van der Waals surface area (Å²) < 4.78 is 16.0. The molecule has 1 atom stereocenters. The Labute approximate surface area is 83.0 Å². The van der Waals surface area contributed by atoms with Gasteiger partial charge in [-0.15, -0.1) is 0 Å². The fraction of sp³-hybridized carbons (Fsp3) is 0.778. The topological polar surface area (TPSA) is 49.4 Å². The molecule has 3 nitrogen and oxygen atoms in total. The van der Waals surface area contributed by atoms with Gasteiger partial charge < -0.3 is 9.29 Å². The van der Waals surface area contributed by atoms with E-state index in [0.717, 1.165) is 0 Å². The van der Waals surface area contributed by atoms with E-state index >= 15 is 0 Å². The molecule has 0 aliphatic carbocycles. The Morgan fingerprint density at radius 1 is 1.54 bits per heavy atom. The van der Waals surface area contributed by atoms with E-state index in [-0.39, 0.29) is 12.4 Å². The van der Waals surface area contributed by atoms with Gasteiger partial charge in [0.25, 0.3) is 0 Å². The second kappa shape index (κ2) is 5.50. The van der Waals surface area contributed by atoms with Gasteiger partial charge in [-0.1, -0.05) is 11.2 Å². The van der Waals surface area contributed by atoms with Crippen LogP contribution < -0.4 is 0 Å². The summed E-state index contributed by atoms with van der Waals surface area (Å²) in [5.74, 6) is 0.399. The predicted molar refractivity (Wildman–Crippen MR) is 53.7 cm³/mol. The molecule has 0 aliphatic heterocycles. The van der Waals surface area contributed by atoms with Gasteiger partial charge in [-0.3, -0.25) is 4.79 Å². The molecule has 0 amide bonds. The van der Waals surface area contributed by atoms with Crippen LogP contribution in [0, 0.1) is 6.92 Å². The number of carbonyl (C=O) groups is 1. The van der Waals surface area contributed by atoms with Crippen LogP contribution in [0.25, 0.3) is 0 Å². The molecule has 0 aromatic rings. The first-order valence-electron chi connectivity index (χ1n) is 4.21. The van der Waals surface area contributed by atoms with Crippen LogP contribution in [-0.2, 0) is 20.7 Å². The second-order valence-corrected chi connectivity index (χ2v) is 5.38. The molecule has 1 unspecified atom stereocenters. The predicted octanol–water partition coefficient (Wildman–Crippen LogP) is 1.30. The van der Waals surface area contributed by atoms with Gasteiger partial charge >= 0.3 is 5.97 Å². The van der Waals surface area contributed by atoms with Gasteiger partial charge in [0.2, 0.25) is 0 Å². The van der Waals surface area contributed by atoms with Crippen molar-refractivity contribution >= 4 is 17.1 Å². The monoisotopic (exact) mass is 205 g/mol. The van der Waals surface area contributed by atoms with E-state index in [0.29, 0.717) is 11.5 Å². The molecule has 4 heteroatoms. The zero-order valence-corrected chi connectivity index (χ0v) is 9.28. The van der Waals surface area contributed by atoms with Gasteiger partial charge in [-0.2, -0.15) is 0 Å². The van der Waals surface area contributed by atoms with E-state index in [1.807, 2.05) is 20.8 Å². The van der Waals surface area contributed by atoms with Crippen LogP contribution in [0.1, 0.15) is 27.2 Å². The average molecular weight is 205 g/mol. The van der Waals surface area contributed by atoms with Crippen molar-refractivity contribution in [2.24, 2.45) is 0 Å². The number of rotatable bonds is 4. The third-order valence-electron chi connectivity index (χ3n) is 1.18. The van der Waals surface area contributed by atoms with Gasteiger partial charge in [0.05, 0.1) is 6.42 Å². The first-order chi connectivity index (χ1) is 5.85. The molecule has 1 radical (unpaired) electrons. The summed E-state index contributed by atoms with van der Waals surface area (Å²) in [7, 11) is 0. The maximum Gasteiger partial charge on any atom is 0.311 e. The summed E-state index contributed by atoms with van der Waals surface area (Å²) in [4.78, 5) is 11.1. The summed E-state index contributed by atoms with van der Waals surface area (Å²) >= 11 is -0.988. The van der Waals surface area contributed by atoms with E-state index in [1.165, 1.54) is 0 Å². The number of hydrogen-bond acceptors (Lipinski definition) is 3. The van der Waals surface area contributed by atoms with Gasteiger partial charge in [0.15, 0.2) is 0 Å². The zero-order valence-electron chi connectivity index (χ0n) is 8.46.